The van der Waals surface area contributed by atoms with Crippen LogP contribution in [0.25, 0.3) is 0 Å². The molecule has 14 heavy (non-hydrogen) atoms. The van der Waals surface area contributed by atoms with Gasteiger partial charge in [0.15, 0.2) is 0 Å². The van der Waals surface area contributed by atoms with Crippen LogP contribution in [0.1, 0.15) is 33.6 Å². The fourth-order valence-corrected chi connectivity index (χ4v) is 1.05. The summed E-state index contributed by atoms with van der Waals surface area (Å²) in [7, 11) is 0. The molecule has 0 amide bonds. The molecule has 1 heteroatoms. The fourth-order valence-electron chi connectivity index (χ4n) is 1.05. The molecule has 1 rings (SSSR count). The Hall–Kier alpha value is -1.24. The van der Waals surface area contributed by atoms with E-state index in [1.165, 1.54) is 5.57 Å². The monoisotopic (exact) mass is 191 g/mol. The van der Waals surface area contributed by atoms with Crippen LogP contribution in [0.2, 0.25) is 0 Å². The van der Waals surface area contributed by atoms with Gasteiger partial charge in [0.1, 0.15) is 0 Å². The number of rotatable bonds is 2. The standard InChI is InChI=1S/C11H15N.C2H6/c1-2-3-5-10-6-4-7-11(12)9-8-10;1-2/h3-5,7-9H,2,6,12H2,1H3;1-2H3/b5-3-;. The van der Waals surface area contributed by atoms with Crippen molar-refractivity contribution in [3.8, 4) is 0 Å². The first-order chi connectivity index (χ1) is 6.83. The maximum absolute atomic E-state index is 5.63. The van der Waals surface area contributed by atoms with E-state index < -0.39 is 0 Å². The highest BCUT2D eigenvalue weighted by Gasteiger charge is 1.92. The molecule has 0 saturated heterocycles. The first-order valence-electron chi connectivity index (χ1n) is 5.32. The van der Waals surface area contributed by atoms with E-state index in [9.17, 15) is 0 Å². The van der Waals surface area contributed by atoms with E-state index in [0.717, 1.165) is 18.5 Å². The molecule has 1 aliphatic rings. The Bertz CT molecular complexity index is 254. The Morgan fingerprint density at radius 1 is 1.36 bits per heavy atom. The molecule has 0 bridgehead atoms. The lowest BCUT2D eigenvalue weighted by Gasteiger charge is -1.92. The zero-order valence-corrected chi connectivity index (χ0v) is 9.46. The lowest BCUT2D eigenvalue weighted by atomic mass is 10.1. The maximum atomic E-state index is 5.63. The molecule has 1 nitrogen and oxygen atoms in total. The van der Waals surface area contributed by atoms with Gasteiger partial charge in [0.25, 0.3) is 0 Å². The van der Waals surface area contributed by atoms with Gasteiger partial charge in [0.05, 0.1) is 0 Å². The second-order valence-corrected chi connectivity index (χ2v) is 2.83. The number of hydrogen-bond donors (Lipinski definition) is 1. The predicted octanol–water partition coefficient (Wildman–Crippen LogP) is 3.71. The zero-order chi connectivity index (χ0) is 10.8. The third kappa shape index (κ3) is 5.41. The van der Waals surface area contributed by atoms with E-state index in [-0.39, 0.29) is 0 Å². The molecular formula is C13H21N. The fraction of sp³-hybridized carbons (Fsp3) is 0.385. The van der Waals surface area contributed by atoms with Crippen LogP contribution in [0, 0.1) is 0 Å². The summed E-state index contributed by atoms with van der Waals surface area (Å²) in [5.41, 5.74) is 7.77. The molecular weight excluding hydrogens is 170 g/mol. The third-order valence-corrected chi connectivity index (χ3v) is 1.72. The first-order valence-corrected chi connectivity index (χ1v) is 5.32. The molecule has 0 radical (unpaired) electrons. The molecule has 0 aromatic rings. The quantitative estimate of drug-likeness (QED) is 0.707. The van der Waals surface area contributed by atoms with Gasteiger partial charge in [-0.15, -0.1) is 0 Å². The molecule has 0 saturated carbocycles. The van der Waals surface area contributed by atoms with Crippen molar-refractivity contribution < 1.29 is 0 Å². The van der Waals surface area contributed by atoms with Crippen LogP contribution in [0.5, 0.6) is 0 Å². The maximum Gasteiger partial charge on any atom is 0.0310 e. The molecule has 2 N–H and O–H groups in total. The predicted molar refractivity (Wildman–Crippen MR) is 64.9 cm³/mol. The summed E-state index contributed by atoms with van der Waals surface area (Å²) >= 11 is 0. The summed E-state index contributed by atoms with van der Waals surface area (Å²) in [6.07, 6.45) is 14.4. The Labute approximate surface area is 87.7 Å². The van der Waals surface area contributed by atoms with E-state index >= 15 is 0 Å². The van der Waals surface area contributed by atoms with Crippen LogP contribution >= 0.6 is 0 Å². The van der Waals surface area contributed by atoms with E-state index in [1.54, 1.807) is 0 Å². The molecule has 0 heterocycles. The summed E-state index contributed by atoms with van der Waals surface area (Å²) in [6, 6.07) is 0. The largest absolute Gasteiger partial charge is 0.399 e. The average Bonchev–Trinajstić information content (AvgIpc) is 2.43. The van der Waals surface area contributed by atoms with E-state index in [0.29, 0.717) is 0 Å². The van der Waals surface area contributed by atoms with Gasteiger partial charge in [0, 0.05) is 5.70 Å². The van der Waals surface area contributed by atoms with Crippen LogP contribution < -0.4 is 5.73 Å². The highest BCUT2D eigenvalue weighted by molar-refractivity contribution is 5.33. The minimum atomic E-state index is 0.829. The van der Waals surface area contributed by atoms with Crippen LogP contribution in [-0.4, -0.2) is 0 Å². The molecule has 0 spiro atoms. The highest BCUT2D eigenvalue weighted by atomic mass is 14.5. The van der Waals surface area contributed by atoms with Crippen molar-refractivity contribution in [1.29, 1.82) is 0 Å². The SMILES string of the molecule is CC.CC/C=C\C1=CC=C(N)C=CC1. The van der Waals surface area contributed by atoms with Crippen molar-refractivity contribution >= 4 is 0 Å². The number of allylic oxidation sites excluding steroid dienone is 7. The highest BCUT2D eigenvalue weighted by Crippen LogP contribution is 2.10. The Balaban J connectivity index is 0.000000791. The zero-order valence-electron chi connectivity index (χ0n) is 9.46. The molecule has 78 valence electrons. The lowest BCUT2D eigenvalue weighted by molar-refractivity contribution is 1.20. The van der Waals surface area contributed by atoms with Crippen molar-refractivity contribution in [2.24, 2.45) is 5.73 Å². The molecule has 0 fully saturated rings. The minimum Gasteiger partial charge on any atom is -0.399 e. The summed E-state index contributed by atoms with van der Waals surface area (Å²) in [6.45, 7) is 6.13. The Kier molecular flexibility index (Phi) is 7.62. The van der Waals surface area contributed by atoms with Crippen LogP contribution in [-0.2, 0) is 0 Å². The minimum absolute atomic E-state index is 0.829. The first kappa shape index (κ1) is 12.8. The van der Waals surface area contributed by atoms with E-state index in [2.05, 4.69) is 31.2 Å². The molecule has 0 aromatic heterocycles. The van der Waals surface area contributed by atoms with Gasteiger partial charge in [-0.3, -0.25) is 0 Å². The number of hydrogen-bond acceptors (Lipinski definition) is 1. The third-order valence-electron chi connectivity index (χ3n) is 1.72. The molecule has 0 aromatic carbocycles. The summed E-state index contributed by atoms with van der Waals surface area (Å²) < 4.78 is 0. The van der Waals surface area contributed by atoms with Crippen LogP contribution in [0.4, 0.5) is 0 Å². The van der Waals surface area contributed by atoms with Crippen LogP contribution in [0.15, 0.2) is 47.7 Å². The van der Waals surface area contributed by atoms with Gasteiger partial charge in [-0.25, -0.2) is 0 Å². The molecule has 1 aliphatic carbocycles. The number of nitrogens with two attached hydrogens (primary N) is 1. The molecule has 0 unspecified atom stereocenters. The van der Waals surface area contributed by atoms with Gasteiger partial charge < -0.3 is 5.73 Å². The smallest absolute Gasteiger partial charge is 0.0310 e. The van der Waals surface area contributed by atoms with Gasteiger partial charge in [-0.05, 0) is 30.6 Å². The van der Waals surface area contributed by atoms with Crippen molar-refractivity contribution in [1.82, 2.24) is 0 Å². The summed E-state index contributed by atoms with van der Waals surface area (Å²) in [5.74, 6) is 0. The van der Waals surface area contributed by atoms with Crippen molar-refractivity contribution in [2.75, 3.05) is 0 Å². The van der Waals surface area contributed by atoms with Crippen LogP contribution in [0.3, 0.4) is 0 Å². The van der Waals surface area contributed by atoms with Gasteiger partial charge in [-0.1, -0.05) is 45.1 Å². The van der Waals surface area contributed by atoms with E-state index in [1.807, 2.05) is 26.0 Å². The van der Waals surface area contributed by atoms with Gasteiger partial charge in [0.2, 0.25) is 0 Å². The second kappa shape index (κ2) is 8.36. The topological polar surface area (TPSA) is 26.0 Å². The second-order valence-electron chi connectivity index (χ2n) is 2.83. The van der Waals surface area contributed by atoms with E-state index in [4.69, 9.17) is 5.73 Å². The Morgan fingerprint density at radius 2 is 2.07 bits per heavy atom. The summed E-state index contributed by atoms with van der Waals surface area (Å²) in [5, 5.41) is 0. The van der Waals surface area contributed by atoms with Crippen molar-refractivity contribution in [3.63, 3.8) is 0 Å². The molecule has 0 aliphatic heterocycles. The normalized spacial score (nSPS) is 15.4. The average molecular weight is 191 g/mol. The summed E-state index contributed by atoms with van der Waals surface area (Å²) in [4.78, 5) is 0. The lowest BCUT2D eigenvalue weighted by Crippen LogP contribution is -1.89. The van der Waals surface area contributed by atoms with Gasteiger partial charge >= 0.3 is 0 Å². The molecule has 0 atom stereocenters. The Morgan fingerprint density at radius 3 is 2.71 bits per heavy atom. The van der Waals surface area contributed by atoms with Crippen molar-refractivity contribution in [3.05, 3.63) is 47.7 Å². The van der Waals surface area contributed by atoms with Crippen molar-refractivity contribution in [2.45, 2.75) is 33.6 Å². The van der Waals surface area contributed by atoms with Gasteiger partial charge in [-0.2, -0.15) is 0 Å².